The van der Waals surface area contributed by atoms with Gasteiger partial charge in [0.1, 0.15) is 0 Å². The number of aromatic nitrogens is 1. The molecule has 0 aliphatic rings. The minimum absolute atomic E-state index is 0.681. The van der Waals surface area contributed by atoms with Crippen LogP contribution in [0.1, 0.15) is 29.5 Å². The summed E-state index contributed by atoms with van der Waals surface area (Å²) >= 11 is 1.77. The Morgan fingerprint density at radius 2 is 2.20 bits per heavy atom. The van der Waals surface area contributed by atoms with Crippen LogP contribution in [0.4, 0.5) is 0 Å². The number of hydrogen-bond donors (Lipinski definition) is 1. The molecule has 2 aromatic rings. The van der Waals surface area contributed by atoms with Crippen LogP contribution in [0, 0.1) is 6.92 Å². The van der Waals surface area contributed by atoms with Gasteiger partial charge in [-0.15, -0.1) is 11.3 Å². The van der Waals surface area contributed by atoms with Gasteiger partial charge in [-0.3, -0.25) is 0 Å². The maximum Gasteiger partial charge on any atom is 0.213 e. The Morgan fingerprint density at radius 1 is 1.30 bits per heavy atom. The number of nitrogens with one attached hydrogen (secondary N) is 1. The number of aryl methyl sites for hydroxylation is 1. The lowest BCUT2D eigenvalue weighted by Crippen LogP contribution is -2.15. The van der Waals surface area contributed by atoms with Gasteiger partial charge in [-0.1, -0.05) is 19.1 Å². The predicted octanol–water partition coefficient (Wildman–Crippen LogP) is 3.57. The Bertz CT molecular complexity index is 511. The van der Waals surface area contributed by atoms with Crippen molar-refractivity contribution in [1.82, 2.24) is 10.3 Å². The molecular weight excluding hydrogens is 268 g/mol. The number of pyridine rings is 1. The van der Waals surface area contributed by atoms with Crippen LogP contribution in [0.15, 0.2) is 29.6 Å². The molecule has 2 heterocycles. The van der Waals surface area contributed by atoms with Gasteiger partial charge in [0, 0.05) is 29.6 Å². The molecule has 0 amide bonds. The summed E-state index contributed by atoms with van der Waals surface area (Å²) in [4.78, 5) is 5.86. The summed E-state index contributed by atoms with van der Waals surface area (Å²) in [6, 6.07) is 8.27. The molecule has 0 saturated heterocycles. The molecule has 0 bridgehead atoms. The second-order valence-corrected chi connectivity index (χ2v) is 5.78. The summed E-state index contributed by atoms with van der Waals surface area (Å²) in [7, 11) is 0. The van der Waals surface area contributed by atoms with E-state index in [9.17, 15) is 0 Å². The zero-order chi connectivity index (χ0) is 14.2. The fourth-order valence-corrected chi connectivity index (χ4v) is 2.64. The van der Waals surface area contributed by atoms with E-state index in [1.165, 1.54) is 10.4 Å². The minimum atomic E-state index is 0.681. The lowest BCUT2D eigenvalue weighted by molar-refractivity contribution is 0.309. The fraction of sp³-hybridized carbons (Fsp3) is 0.438. The zero-order valence-corrected chi connectivity index (χ0v) is 13.0. The van der Waals surface area contributed by atoms with Crippen molar-refractivity contribution < 1.29 is 4.74 Å². The quantitative estimate of drug-likeness (QED) is 0.755. The monoisotopic (exact) mass is 290 g/mol. The molecule has 3 nitrogen and oxygen atoms in total. The van der Waals surface area contributed by atoms with Gasteiger partial charge in [-0.25, -0.2) is 4.98 Å². The summed E-state index contributed by atoms with van der Waals surface area (Å²) in [6.45, 7) is 6.80. The first-order valence-corrected chi connectivity index (χ1v) is 8.00. The van der Waals surface area contributed by atoms with Crippen LogP contribution in [0.25, 0.3) is 0 Å². The van der Waals surface area contributed by atoms with Crippen LogP contribution in [0.5, 0.6) is 5.88 Å². The molecule has 20 heavy (non-hydrogen) atoms. The van der Waals surface area contributed by atoms with Gasteiger partial charge >= 0.3 is 0 Å². The van der Waals surface area contributed by atoms with E-state index in [0.29, 0.717) is 6.61 Å². The van der Waals surface area contributed by atoms with E-state index < -0.39 is 0 Å². The van der Waals surface area contributed by atoms with Crippen LogP contribution in [-0.2, 0) is 13.0 Å². The topological polar surface area (TPSA) is 34.1 Å². The molecule has 0 aliphatic carbocycles. The molecule has 0 spiro atoms. The van der Waals surface area contributed by atoms with Gasteiger partial charge in [0.25, 0.3) is 0 Å². The average molecular weight is 290 g/mol. The number of rotatable bonds is 8. The van der Waals surface area contributed by atoms with Crippen molar-refractivity contribution in [2.24, 2.45) is 0 Å². The van der Waals surface area contributed by atoms with Crippen LogP contribution in [0.2, 0.25) is 0 Å². The molecule has 2 aromatic heterocycles. The van der Waals surface area contributed by atoms with Crippen molar-refractivity contribution in [3.05, 3.63) is 45.8 Å². The van der Waals surface area contributed by atoms with Crippen LogP contribution in [-0.4, -0.2) is 18.1 Å². The first-order chi connectivity index (χ1) is 9.79. The summed E-state index contributed by atoms with van der Waals surface area (Å²) in [6.07, 6.45) is 2.09. The average Bonchev–Trinajstić information content (AvgIpc) is 2.95. The SMILES string of the molecule is CCCNCc1ccc(OCCc2cccs2)nc1C. The van der Waals surface area contributed by atoms with Crippen LogP contribution in [0.3, 0.4) is 0 Å². The van der Waals surface area contributed by atoms with E-state index >= 15 is 0 Å². The van der Waals surface area contributed by atoms with Gasteiger partial charge < -0.3 is 10.1 Å². The lowest BCUT2D eigenvalue weighted by Gasteiger charge is -2.09. The standard InChI is InChI=1S/C16H22N2OS/c1-3-9-17-12-14-6-7-16(18-13(14)2)19-10-8-15-5-4-11-20-15/h4-7,11,17H,3,8-10,12H2,1-2H3. The van der Waals surface area contributed by atoms with E-state index in [2.05, 4.69) is 40.8 Å². The molecule has 0 unspecified atom stereocenters. The van der Waals surface area contributed by atoms with Crippen molar-refractivity contribution in [3.63, 3.8) is 0 Å². The first-order valence-electron chi connectivity index (χ1n) is 7.12. The smallest absolute Gasteiger partial charge is 0.213 e. The molecule has 1 N–H and O–H groups in total. The number of hydrogen-bond acceptors (Lipinski definition) is 4. The van der Waals surface area contributed by atoms with Crippen molar-refractivity contribution in [2.45, 2.75) is 33.2 Å². The molecule has 0 atom stereocenters. The van der Waals surface area contributed by atoms with Gasteiger partial charge in [0.05, 0.1) is 6.61 Å². The second kappa shape index (κ2) is 8.02. The molecule has 0 aliphatic heterocycles. The lowest BCUT2D eigenvalue weighted by atomic mass is 10.2. The Hall–Kier alpha value is -1.39. The van der Waals surface area contributed by atoms with Crippen molar-refractivity contribution in [2.75, 3.05) is 13.2 Å². The molecule has 0 saturated carbocycles. The third kappa shape index (κ3) is 4.62. The van der Waals surface area contributed by atoms with Crippen LogP contribution < -0.4 is 10.1 Å². The van der Waals surface area contributed by atoms with Crippen molar-refractivity contribution >= 4 is 11.3 Å². The number of ether oxygens (including phenoxy) is 1. The minimum Gasteiger partial charge on any atom is -0.477 e. The van der Waals surface area contributed by atoms with Crippen molar-refractivity contribution in [3.8, 4) is 5.88 Å². The molecule has 4 heteroatoms. The van der Waals surface area contributed by atoms with E-state index in [4.69, 9.17) is 4.74 Å². The van der Waals surface area contributed by atoms with Gasteiger partial charge in [-0.2, -0.15) is 0 Å². The summed E-state index contributed by atoms with van der Waals surface area (Å²) < 4.78 is 5.72. The molecule has 0 radical (unpaired) electrons. The predicted molar refractivity (Wildman–Crippen MR) is 84.5 cm³/mol. The molecular formula is C16H22N2OS. The summed E-state index contributed by atoms with van der Waals surface area (Å²) in [5.41, 5.74) is 2.28. The maximum absolute atomic E-state index is 5.72. The Balaban J connectivity index is 1.82. The highest BCUT2D eigenvalue weighted by atomic mass is 32.1. The fourth-order valence-electron chi connectivity index (χ4n) is 1.94. The Labute approximate surface area is 125 Å². The highest BCUT2D eigenvalue weighted by Gasteiger charge is 2.03. The first kappa shape index (κ1) is 15.0. The maximum atomic E-state index is 5.72. The zero-order valence-electron chi connectivity index (χ0n) is 12.2. The molecule has 0 aromatic carbocycles. The number of nitrogens with zero attached hydrogens (tertiary/aromatic N) is 1. The van der Waals surface area contributed by atoms with Crippen LogP contribution >= 0.6 is 11.3 Å². The second-order valence-electron chi connectivity index (χ2n) is 4.75. The van der Waals surface area contributed by atoms with E-state index in [-0.39, 0.29) is 0 Å². The highest BCUT2D eigenvalue weighted by Crippen LogP contribution is 2.14. The van der Waals surface area contributed by atoms with E-state index in [1.807, 2.05) is 13.0 Å². The molecule has 108 valence electrons. The third-order valence-corrected chi connectivity index (χ3v) is 4.03. The van der Waals surface area contributed by atoms with E-state index in [1.54, 1.807) is 11.3 Å². The third-order valence-electron chi connectivity index (χ3n) is 3.09. The Morgan fingerprint density at radius 3 is 2.90 bits per heavy atom. The largest absolute Gasteiger partial charge is 0.477 e. The number of thiophene rings is 1. The van der Waals surface area contributed by atoms with E-state index in [0.717, 1.165) is 37.5 Å². The van der Waals surface area contributed by atoms with Crippen molar-refractivity contribution in [1.29, 1.82) is 0 Å². The molecule has 0 fully saturated rings. The molecule has 2 rings (SSSR count). The van der Waals surface area contributed by atoms with Gasteiger partial charge in [0.15, 0.2) is 0 Å². The van der Waals surface area contributed by atoms with Gasteiger partial charge in [-0.05, 0) is 36.9 Å². The Kier molecular flexibility index (Phi) is 6.02. The summed E-state index contributed by atoms with van der Waals surface area (Å²) in [5, 5.41) is 5.49. The summed E-state index contributed by atoms with van der Waals surface area (Å²) in [5.74, 6) is 0.721. The highest BCUT2D eigenvalue weighted by molar-refractivity contribution is 7.09. The normalized spacial score (nSPS) is 10.7. The van der Waals surface area contributed by atoms with Gasteiger partial charge in [0.2, 0.25) is 5.88 Å².